The van der Waals surface area contributed by atoms with Crippen molar-refractivity contribution >= 4 is 75.8 Å². The van der Waals surface area contributed by atoms with Gasteiger partial charge >= 0.3 is 0 Å². The molecule has 0 saturated heterocycles. The van der Waals surface area contributed by atoms with Crippen molar-refractivity contribution in [3.8, 4) is 22.3 Å². The second-order valence-electron chi connectivity index (χ2n) is 12.0. The van der Waals surface area contributed by atoms with Crippen molar-refractivity contribution in [3.63, 3.8) is 0 Å². The van der Waals surface area contributed by atoms with Crippen molar-refractivity contribution in [1.29, 1.82) is 0 Å². The fourth-order valence-electron chi connectivity index (χ4n) is 7.71. The van der Waals surface area contributed by atoms with Gasteiger partial charge in [-0.05, 0) is 94.3 Å². The maximum Gasteiger partial charge on any atom is 0.136 e. The molecule has 10 aromatic rings. The van der Waals surface area contributed by atoms with Crippen LogP contribution in [0.15, 0.2) is 162 Å². The lowest BCUT2D eigenvalue weighted by atomic mass is 9.83. The van der Waals surface area contributed by atoms with E-state index < -0.39 is 0 Å². The Balaban J connectivity index is 1.31. The standard InChI is InChI=1S/C44H26O/c1-2-12-31-27(10-1)20-21-28-11-9-18-38(41(28)31)43-35-15-5-3-13-33(35)42(34-14-4-6-16-36(34)43)30-22-24-32-29(26-30)23-25-40-44(32)37-17-7-8-19-39(37)45-40/h1-26H. The highest BCUT2D eigenvalue weighted by molar-refractivity contribution is 6.27. The minimum Gasteiger partial charge on any atom is -0.456 e. The van der Waals surface area contributed by atoms with Gasteiger partial charge in [0.25, 0.3) is 0 Å². The number of fused-ring (bicyclic) bond motifs is 10. The molecule has 0 N–H and O–H groups in total. The lowest BCUT2D eigenvalue weighted by Gasteiger charge is -2.19. The Bertz CT molecular complexity index is 2760. The van der Waals surface area contributed by atoms with Crippen LogP contribution in [0.3, 0.4) is 0 Å². The number of rotatable bonds is 2. The first-order valence-electron chi connectivity index (χ1n) is 15.5. The molecule has 0 radical (unpaired) electrons. The summed E-state index contributed by atoms with van der Waals surface area (Å²) in [7, 11) is 0. The summed E-state index contributed by atoms with van der Waals surface area (Å²) in [5.74, 6) is 0. The van der Waals surface area contributed by atoms with Gasteiger partial charge in [-0.2, -0.15) is 0 Å². The lowest BCUT2D eigenvalue weighted by Crippen LogP contribution is -1.92. The van der Waals surface area contributed by atoms with E-state index in [1.54, 1.807) is 0 Å². The van der Waals surface area contributed by atoms with Crippen LogP contribution in [0.1, 0.15) is 0 Å². The third-order valence-electron chi connectivity index (χ3n) is 9.62. The summed E-state index contributed by atoms with van der Waals surface area (Å²) in [6.07, 6.45) is 0. The highest BCUT2D eigenvalue weighted by Crippen LogP contribution is 2.47. The van der Waals surface area contributed by atoms with Crippen molar-refractivity contribution in [2.45, 2.75) is 0 Å². The molecule has 0 fully saturated rings. The second-order valence-corrected chi connectivity index (χ2v) is 12.0. The highest BCUT2D eigenvalue weighted by Gasteiger charge is 2.19. The van der Waals surface area contributed by atoms with Crippen LogP contribution >= 0.6 is 0 Å². The van der Waals surface area contributed by atoms with E-state index in [-0.39, 0.29) is 0 Å². The molecule has 1 heteroatoms. The van der Waals surface area contributed by atoms with Crippen LogP contribution < -0.4 is 0 Å². The SMILES string of the molecule is c1ccc2c(c1)ccc1cccc(-c3c4ccccc4c(-c4ccc5c(ccc6oc7ccccc7c65)c4)c4ccccc34)c12. The largest absolute Gasteiger partial charge is 0.456 e. The first-order chi connectivity index (χ1) is 22.3. The molecular weight excluding hydrogens is 544 g/mol. The third-order valence-corrected chi connectivity index (χ3v) is 9.62. The molecule has 1 aromatic heterocycles. The van der Waals surface area contributed by atoms with Gasteiger partial charge in [0, 0.05) is 10.8 Å². The van der Waals surface area contributed by atoms with E-state index in [0.29, 0.717) is 0 Å². The highest BCUT2D eigenvalue weighted by atomic mass is 16.3. The Labute approximate surface area is 259 Å². The average Bonchev–Trinajstić information content (AvgIpc) is 3.49. The van der Waals surface area contributed by atoms with Gasteiger partial charge < -0.3 is 4.42 Å². The molecule has 0 bridgehead atoms. The average molecular weight is 571 g/mol. The van der Waals surface area contributed by atoms with E-state index in [4.69, 9.17) is 4.42 Å². The van der Waals surface area contributed by atoms with Crippen molar-refractivity contribution in [1.82, 2.24) is 0 Å². The van der Waals surface area contributed by atoms with Gasteiger partial charge in [-0.3, -0.25) is 0 Å². The number of hydrogen-bond acceptors (Lipinski definition) is 1. The van der Waals surface area contributed by atoms with Gasteiger partial charge in [-0.1, -0.05) is 140 Å². The molecule has 9 aromatic carbocycles. The molecule has 0 atom stereocenters. The Morgan fingerprint density at radius 1 is 0.311 bits per heavy atom. The number of para-hydroxylation sites is 1. The van der Waals surface area contributed by atoms with Crippen LogP contribution in [0, 0.1) is 0 Å². The minimum atomic E-state index is 0.929. The predicted molar refractivity (Wildman–Crippen MR) is 192 cm³/mol. The fraction of sp³-hybridized carbons (Fsp3) is 0. The van der Waals surface area contributed by atoms with Crippen LogP contribution in [0.2, 0.25) is 0 Å². The molecule has 0 spiro atoms. The fourth-order valence-corrected chi connectivity index (χ4v) is 7.71. The summed E-state index contributed by atoms with van der Waals surface area (Å²) in [5.41, 5.74) is 6.92. The Morgan fingerprint density at radius 3 is 1.67 bits per heavy atom. The van der Waals surface area contributed by atoms with Gasteiger partial charge in [-0.25, -0.2) is 0 Å². The zero-order valence-electron chi connectivity index (χ0n) is 24.4. The van der Waals surface area contributed by atoms with Gasteiger partial charge in [-0.15, -0.1) is 0 Å². The molecule has 0 amide bonds. The van der Waals surface area contributed by atoms with Crippen molar-refractivity contribution in [2.75, 3.05) is 0 Å². The zero-order valence-corrected chi connectivity index (χ0v) is 24.4. The van der Waals surface area contributed by atoms with Crippen LogP contribution in [0.25, 0.3) is 98.1 Å². The first-order valence-corrected chi connectivity index (χ1v) is 15.5. The molecule has 1 heterocycles. The minimum absolute atomic E-state index is 0.929. The predicted octanol–water partition coefficient (Wildman–Crippen LogP) is 12.7. The van der Waals surface area contributed by atoms with Crippen molar-refractivity contribution < 1.29 is 4.42 Å². The molecule has 0 saturated carbocycles. The topological polar surface area (TPSA) is 13.1 Å². The number of furan rings is 1. The van der Waals surface area contributed by atoms with Crippen LogP contribution in [0.4, 0.5) is 0 Å². The zero-order chi connectivity index (χ0) is 29.5. The maximum absolute atomic E-state index is 6.20. The Morgan fingerprint density at radius 2 is 0.889 bits per heavy atom. The van der Waals surface area contributed by atoms with Gasteiger partial charge in [0.1, 0.15) is 11.2 Å². The molecule has 208 valence electrons. The van der Waals surface area contributed by atoms with Crippen LogP contribution in [0.5, 0.6) is 0 Å². The van der Waals surface area contributed by atoms with Crippen molar-refractivity contribution in [2.24, 2.45) is 0 Å². The van der Waals surface area contributed by atoms with E-state index in [9.17, 15) is 0 Å². The van der Waals surface area contributed by atoms with Crippen LogP contribution in [-0.2, 0) is 0 Å². The summed E-state index contributed by atoms with van der Waals surface area (Å²) in [4.78, 5) is 0. The molecule has 10 rings (SSSR count). The summed E-state index contributed by atoms with van der Waals surface area (Å²) in [5, 5.41) is 14.9. The summed E-state index contributed by atoms with van der Waals surface area (Å²) in [6.45, 7) is 0. The van der Waals surface area contributed by atoms with E-state index >= 15 is 0 Å². The first kappa shape index (κ1) is 24.5. The monoisotopic (exact) mass is 570 g/mol. The molecule has 0 aliphatic rings. The Kier molecular flexibility index (Phi) is 5.06. The summed E-state index contributed by atoms with van der Waals surface area (Å²) in [6, 6.07) is 57.4. The molecular formula is C44H26O. The smallest absolute Gasteiger partial charge is 0.136 e. The van der Waals surface area contributed by atoms with Gasteiger partial charge in [0.05, 0.1) is 0 Å². The van der Waals surface area contributed by atoms with E-state index in [1.807, 2.05) is 12.1 Å². The maximum atomic E-state index is 6.20. The molecule has 0 aliphatic heterocycles. The van der Waals surface area contributed by atoms with E-state index in [2.05, 4.69) is 146 Å². The Hall–Kier alpha value is -5.92. The summed E-state index contributed by atoms with van der Waals surface area (Å²) < 4.78 is 6.20. The lowest BCUT2D eigenvalue weighted by molar-refractivity contribution is 0.669. The van der Waals surface area contributed by atoms with E-state index in [1.165, 1.54) is 81.5 Å². The van der Waals surface area contributed by atoms with E-state index in [0.717, 1.165) is 16.6 Å². The van der Waals surface area contributed by atoms with Gasteiger partial charge in [0.2, 0.25) is 0 Å². The summed E-state index contributed by atoms with van der Waals surface area (Å²) >= 11 is 0. The molecule has 1 nitrogen and oxygen atoms in total. The third kappa shape index (κ3) is 3.50. The van der Waals surface area contributed by atoms with Crippen molar-refractivity contribution in [3.05, 3.63) is 158 Å². The molecule has 0 unspecified atom stereocenters. The quantitative estimate of drug-likeness (QED) is 0.149. The molecule has 0 aliphatic carbocycles. The van der Waals surface area contributed by atoms with Gasteiger partial charge in [0.15, 0.2) is 0 Å². The second kappa shape index (κ2) is 9.29. The van der Waals surface area contributed by atoms with Crippen LogP contribution in [-0.4, -0.2) is 0 Å². The normalized spacial score (nSPS) is 12.0. The number of benzene rings is 9. The number of hydrogen-bond donors (Lipinski definition) is 0. The molecule has 45 heavy (non-hydrogen) atoms.